The van der Waals surface area contributed by atoms with E-state index in [2.05, 4.69) is 10.1 Å². The molecule has 0 fully saturated rings. The lowest BCUT2D eigenvalue weighted by Crippen LogP contribution is -2.20. The van der Waals surface area contributed by atoms with Gasteiger partial charge in [-0.3, -0.25) is 4.79 Å². The lowest BCUT2D eigenvalue weighted by molar-refractivity contribution is -0.153. The van der Waals surface area contributed by atoms with Crippen LogP contribution in [0, 0.1) is 0 Å². The lowest BCUT2D eigenvalue weighted by Gasteiger charge is -2.09. The monoisotopic (exact) mass is 365 g/mol. The second kappa shape index (κ2) is 8.94. The number of rotatable bonds is 7. The predicted molar refractivity (Wildman–Crippen MR) is 91.9 cm³/mol. The molecule has 0 atom stereocenters. The van der Waals surface area contributed by atoms with Crippen LogP contribution in [-0.2, 0) is 11.3 Å². The van der Waals surface area contributed by atoms with Gasteiger partial charge in [-0.15, -0.1) is 0 Å². The summed E-state index contributed by atoms with van der Waals surface area (Å²) < 4.78 is 46.0. The van der Waals surface area contributed by atoms with Gasteiger partial charge in [0.25, 0.3) is 0 Å². The number of methoxy groups -OCH3 is 1. The van der Waals surface area contributed by atoms with Crippen molar-refractivity contribution in [2.24, 2.45) is 0 Å². The molecule has 138 valence electrons. The van der Waals surface area contributed by atoms with Crippen LogP contribution in [0.3, 0.4) is 0 Å². The van der Waals surface area contributed by atoms with Gasteiger partial charge in [0.1, 0.15) is 11.5 Å². The first kappa shape index (κ1) is 19.4. The number of alkyl halides is 3. The van der Waals surface area contributed by atoms with Crippen LogP contribution in [0.5, 0.6) is 11.5 Å². The summed E-state index contributed by atoms with van der Waals surface area (Å²) in [4.78, 5) is 11.8. The molecular weight excluding hydrogens is 347 g/mol. The van der Waals surface area contributed by atoms with E-state index in [1.807, 2.05) is 12.1 Å². The number of carbonyl (C=O) groups is 1. The van der Waals surface area contributed by atoms with Crippen LogP contribution >= 0.6 is 0 Å². The molecule has 0 aromatic heterocycles. The van der Waals surface area contributed by atoms with Crippen molar-refractivity contribution in [2.45, 2.75) is 12.7 Å². The van der Waals surface area contributed by atoms with Crippen LogP contribution in [0.15, 0.2) is 54.6 Å². The summed E-state index contributed by atoms with van der Waals surface area (Å²) in [7, 11) is 1.56. The summed E-state index contributed by atoms with van der Waals surface area (Å²) >= 11 is 0. The van der Waals surface area contributed by atoms with E-state index in [1.165, 1.54) is 18.2 Å². The molecule has 1 N–H and O–H groups in total. The quantitative estimate of drug-likeness (QED) is 0.756. The SMILES string of the molecule is COc1cccc(/C=C/C(=O)NCc2ccc(OCC(F)(F)F)cc2)c1. The number of nitrogens with one attached hydrogen (secondary N) is 1. The van der Waals surface area contributed by atoms with Crippen molar-refractivity contribution < 1.29 is 27.4 Å². The molecular formula is C19H18F3NO3. The Bertz CT molecular complexity index is 755. The van der Waals surface area contributed by atoms with Crippen LogP contribution in [0.1, 0.15) is 11.1 Å². The van der Waals surface area contributed by atoms with Crippen LogP contribution in [0.25, 0.3) is 6.08 Å². The van der Waals surface area contributed by atoms with Gasteiger partial charge in [-0.2, -0.15) is 13.2 Å². The molecule has 0 spiro atoms. The number of halogens is 3. The summed E-state index contributed by atoms with van der Waals surface area (Å²) in [6.45, 7) is -1.08. The van der Waals surface area contributed by atoms with Gasteiger partial charge in [0.05, 0.1) is 7.11 Å². The Morgan fingerprint density at radius 3 is 2.50 bits per heavy atom. The molecule has 0 bridgehead atoms. The third-order valence-corrected chi connectivity index (χ3v) is 3.31. The molecule has 0 radical (unpaired) electrons. The van der Waals surface area contributed by atoms with Crippen molar-refractivity contribution in [2.75, 3.05) is 13.7 Å². The molecule has 4 nitrogen and oxygen atoms in total. The molecule has 0 saturated carbocycles. The van der Waals surface area contributed by atoms with Crippen molar-refractivity contribution >= 4 is 12.0 Å². The Morgan fingerprint density at radius 2 is 1.85 bits per heavy atom. The van der Waals surface area contributed by atoms with Gasteiger partial charge < -0.3 is 14.8 Å². The van der Waals surface area contributed by atoms with E-state index in [0.29, 0.717) is 5.75 Å². The lowest BCUT2D eigenvalue weighted by atomic mass is 10.2. The highest BCUT2D eigenvalue weighted by Crippen LogP contribution is 2.19. The zero-order valence-electron chi connectivity index (χ0n) is 14.0. The Morgan fingerprint density at radius 1 is 1.12 bits per heavy atom. The number of benzene rings is 2. The van der Waals surface area contributed by atoms with Crippen molar-refractivity contribution in [1.82, 2.24) is 5.32 Å². The van der Waals surface area contributed by atoms with Crippen molar-refractivity contribution in [3.8, 4) is 11.5 Å². The zero-order chi connectivity index (χ0) is 19.0. The van der Waals surface area contributed by atoms with Crippen molar-refractivity contribution in [3.63, 3.8) is 0 Å². The molecule has 0 aliphatic carbocycles. The number of carbonyl (C=O) groups excluding carboxylic acids is 1. The normalized spacial score (nSPS) is 11.4. The van der Waals surface area contributed by atoms with E-state index in [9.17, 15) is 18.0 Å². The largest absolute Gasteiger partial charge is 0.497 e. The Kier molecular flexibility index (Phi) is 6.66. The highest BCUT2D eigenvalue weighted by atomic mass is 19.4. The first-order valence-corrected chi connectivity index (χ1v) is 7.74. The Hall–Kier alpha value is -2.96. The fourth-order valence-corrected chi connectivity index (χ4v) is 2.03. The third kappa shape index (κ3) is 6.88. The van der Waals surface area contributed by atoms with Crippen LogP contribution in [0.2, 0.25) is 0 Å². The van der Waals surface area contributed by atoms with Gasteiger partial charge in [0, 0.05) is 12.6 Å². The highest BCUT2D eigenvalue weighted by Gasteiger charge is 2.28. The summed E-state index contributed by atoms with van der Waals surface area (Å²) in [5.74, 6) is 0.529. The van der Waals surface area contributed by atoms with E-state index in [1.54, 1.807) is 37.5 Å². The second-order valence-electron chi connectivity index (χ2n) is 5.38. The zero-order valence-corrected chi connectivity index (χ0v) is 14.0. The molecule has 0 aliphatic rings. The van der Waals surface area contributed by atoms with Crippen molar-refractivity contribution in [3.05, 3.63) is 65.7 Å². The van der Waals surface area contributed by atoms with Crippen LogP contribution in [-0.4, -0.2) is 25.8 Å². The van der Waals surface area contributed by atoms with Crippen LogP contribution < -0.4 is 14.8 Å². The molecule has 2 aromatic rings. The number of hydrogen-bond donors (Lipinski definition) is 1. The fourth-order valence-electron chi connectivity index (χ4n) is 2.03. The summed E-state index contributed by atoms with van der Waals surface area (Å²) in [5, 5.41) is 2.70. The van der Waals surface area contributed by atoms with Crippen LogP contribution in [0.4, 0.5) is 13.2 Å². The Balaban J connectivity index is 1.82. The summed E-state index contributed by atoms with van der Waals surface area (Å²) in [6.07, 6.45) is -1.32. The van der Waals surface area contributed by atoms with E-state index in [4.69, 9.17) is 4.74 Å². The highest BCUT2D eigenvalue weighted by molar-refractivity contribution is 5.91. The topological polar surface area (TPSA) is 47.6 Å². The maximum absolute atomic E-state index is 12.1. The van der Waals surface area contributed by atoms with Crippen molar-refractivity contribution in [1.29, 1.82) is 0 Å². The van der Waals surface area contributed by atoms with Gasteiger partial charge in [-0.25, -0.2) is 0 Å². The molecule has 7 heteroatoms. The summed E-state index contributed by atoms with van der Waals surface area (Å²) in [5.41, 5.74) is 1.57. The van der Waals surface area contributed by atoms with Gasteiger partial charge >= 0.3 is 6.18 Å². The predicted octanol–water partition coefficient (Wildman–Crippen LogP) is 3.97. The first-order chi connectivity index (χ1) is 12.4. The standard InChI is InChI=1S/C19H18F3NO3/c1-25-17-4-2-3-14(11-17)7-10-18(24)23-12-15-5-8-16(9-6-15)26-13-19(20,21)22/h2-11H,12-13H2,1H3,(H,23,24)/b10-7+. The second-order valence-corrected chi connectivity index (χ2v) is 5.38. The molecule has 0 heterocycles. The number of amides is 1. The van der Waals surface area contributed by atoms with E-state index in [0.717, 1.165) is 11.1 Å². The van der Waals surface area contributed by atoms with E-state index < -0.39 is 12.8 Å². The molecule has 0 saturated heterocycles. The van der Waals surface area contributed by atoms with Gasteiger partial charge in [-0.1, -0.05) is 24.3 Å². The molecule has 2 aromatic carbocycles. The number of ether oxygens (including phenoxy) is 2. The average molecular weight is 365 g/mol. The smallest absolute Gasteiger partial charge is 0.422 e. The molecule has 0 aliphatic heterocycles. The maximum atomic E-state index is 12.1. The molecule has 0 unspecified atom stereocenters. The maximum Gasteiger partial charge on any atom is 0.422 e. The van der Waals surface area contributed by atoms with E-state index in [-0.39, 0.29) is 18.2 Å². The Labute approximate surface area is 149 Å². The third-order valence-electron chi connectivity index (χ3n) is 3.31. The average Bonchev–Trinajstić information content (AvgIpc) is 2.63. The molecule has 1 amide bonds. The summed E-state index contributed by atoms with van der Waals surface area (Å²) in [6, 6.07) is 13.3. The minimum absolute atomic E-state index is 0.121. The minimum atomic E-state index is -4.37. The van der Waals surface area contributed by atoms with Gasteiger partial charge in [0.2, 0.25) is 5.91 Å². The number of hydrogen-bond acceptors (Lipinski definition) is 3. The fraction of sp³-hybridized carbons (Fsp3) is 0.211. The van der Waals surface area contributed by atoms with Gasteiger partial charge in [0.15, 0.2) is 6.61 Å². The van der Waals surface area contributed by atoms with E-state index >= 15 is 0 Å². The van der Waals surface area contributed by atoms with Gasteiger partial charge in [-0.05, 0) is 41.5 Å². The minimum Gasteiger partial charge on any atom is -0.497 e. The first-order valence-electron chi connectivity index (χ1n) is 7.74. The molecule has 26 heavy (non-hydrogen) atoms. The molecule has 2 rings (SSSR count).